The number of hydrogen-bond acceptors (Lipinski definition) is 4. The molecule has 0 bridgehead atoms. The Kier molecular flexibility index (Phi) is 4.87. The van der Waals surface area contributed by atoms with E-state index in [1.807, 2.05) is 0 Å². The fourth-order valence-electron chi connectivity index (χ4n) is 2.99. The molecule has 2 aliphatic rings. The van der Waals surface area contributed by atoms with Gasteiger partial charge in [0.25, 0.3) is 0 Å². The lowest BCUT2D eigenvalue weighted by Gasteiger charge is -2.22. The lowest BCUT2D eigenvalue weighted by atomic mass is 10.1. The predicted molar refractivity (Wildman–Crippen MR) is 76.9 cm³/mol. The Labute approximate surface area is 124 Å². The summed E-state index contributed by atoms with van der Waals surface area (Å²) < 4.78 is 11.0. The Balaban J connectivity index is 1.34. The minimum atomic E-state index is -0.0967. The Morgan fingerprint density at radius 2 is 2.33 bits per heavy atom. The highest BCUT2D eigenvalue weighted by Gasteiger charge is 2.18. The SMILES string of the molecule is O=C(COC[C@H]1CCCCO1)NCc1n[nH]c2c1CCC2. The number of ether oxygens (including phenoxy) is 2. The van der Waals surface area contributed by atoms with Crippen LogP contribution in [0.1, 0.15) is 42.6 Å². The molecule has 1 fully saturated rings. The van der Waals surface area contributed by atoms with Crippen LogP contribution in [0.15, 0.2) is 0 Å². The zero-order valence-electron chi connectivity index (χ0n) is 12.3. The van der Waals surface area contributed by atoms with E-state index in [0.717, 1.165) is 38.0 Å². The smallest absolute Gasteiger partial charge is 0.246 e. The molecule has 6 nitrogen and oxygen atoms in total. The molecule has 0 spiro atoms. The molecule has 1 saturated heterocycles. The van der Waals surface area contributed by atoms with Gasteiger partial charge in [-0.1, -0.05) is 0 Å². The molecule has 6 heteroatoms. The van der Waals surface area contributed by atoms with E-state index < -0.39 is 0 Å². The first kappa shape index (κ1) is 14.5. The summed E-state index contributed by atoms with van der Waals surface area (Å²) in [5, 5.41) is 10.2. The van der Waals surface area contributed by atoms with Crippen molar-refractivity contribution in [1.29, 1.82) is 0 Å². The second-order valence-electron chi connectivity index (χ2n) is 5.76. The molecule has 0 saturated carbocycles. The number of carbonyl (C=O) groups excluding carboxylic acids is 1. The molecular formula is C15H23N3O3. The van der Waals surface area contributed by atoms with Crippen LogP contribution >= 0.6 is 0 Å². The first-order chi connectivity index (χ1) is 10.3. The zero-order chi connectivity index (χ0) is 14.5. The third kappa shape index (κ3) is 3.83. The van der Waals surface area contributed by atoms with E-state index in [4.69, 9.17) is 9.47 Å². The van der Waals surface area contributed by atoms with E-state index in [9.17, 15) is 4.79 Å². The maximum Gasteiger partial charge on any atom is 0.246 e. The maximum atomic E-state index is 11.8. The van der Waals surface area contributed by atoms with E-state index in [-0.39, 0.29) is 18.6 Å². The van der Waals surface area contributed by atoms with Crippen molar-refractivity contribution < 1.29 is 14.3 Å². The number of H-pyrrole nitrogens is 1. The summed E-state index contributed by atoms with van der Waals surface area (Å²) in [5.41, 5.74) is 3.48. The minimum absolute atomic E-state index is 0.0898. The van der Waals surface area contributed by atoms with E-state index in [1.54, 1.807) is 0 Å². The average molecular weight is 293 g/mol. The van der Waals surface area contributed by atoms with Gasteiger partial charge in [0.1, 0.15) is 6.61 Å². The summed E-state index contributed by atoms with van der Waals surface area (Å²) in [6.45, 7) is 1.89. The number of hydrogen-bond donors (Lipinski definition) is 2. The Morgan fingerprint density at radius 1 is 1.38 bits per heavy atom. The number of aromatic nitrogens is 2. The predicted octanol–water partition coefficient (Wildman–Crippen LogP) is 1.10. The second kappa shape index (κ2) is 7.04. The molecule has 1 aliphatic heterocycles. The Bertz CT molecular complexity index is 481. The number of aryl methyl sites for hydroxylation is 1. The van der Waals surface area contributed by atoms with Gasteiger partial charge in [-0.3, -0.25) is 9.89 Å². The molecule has 3 rings (SSSR count). The van der Waals surface area contributed by atoms with Crippen molar-refractivity contribution in [2.45, 2.75) is 51.2 Å². The van der Waals surface area contributed by atoms with Crippen LogP contribution in [-0.2, 0) is 33.7 Å². The quantitative estimate of drug-likeness (QED) is 0.823. The molecule has 2 N–H and O–H groups in total. The summed E-state index contributed by atoms with van der Waals surface area (Å²) >= 11 is 0. The number of fused-ring (bicyclic) bond motifs is 1. The minimum Gasteiger partial charge on any atom is -0.376 e. The largest absolute Gasteiger partial charge is 0.376 e. The van der Waals surface area contributed by atoms with Crippen molar-refractivity contribution in [3.63, 3.8) is 0 Å². The summed E-state index contributed by atoms with van der Waals surface area (Å²) in [5.74, 6) is -0.0967. The summed E-state index contributed by atoms with van der Waals surface area (Å²) in [6, 6.07) is 0. The van der Waals surface area contributed by atoms with Crippen LogP contribution in [0.5, 0.6) is 0 Å². The number of amides is 1. The van der Waals surface area contributed by atoms with Crippen molar-refractivity contribution in [3.05, 3.63) is 17.0 Å². The molecule has 21 heavy (non-hydrogen) atoms. The zero-order valence-corrected chi connectivity index (χ0v) is 12.3. The Hall–Kier alpha value is -1.40. The first-order valence-corrected chi connectivity index (χ1v) is 7.84. The highest BCUT2D eigenvalue weighted by Crippen LogP contribution is 2.22. The fraction of sp³-hybridized carbons (Fsp3) is 0.733. The van der Waals surface area contributed by atoms with E-state index in [0.29, 0.717) is 13.2 Å². The number of nitrogens with one attached hydrogen (secondary N) is 2. The molecule has 1 aromatic heterocycles. The molecular weight excluding hydrogens is 270 g/mol. The van der Waals surface area contributed by atoms with Gasteiger partial charge in [-0.15, -0.1) is 0 Å². The summed E-state index contributed by atoms with van der Waals surface area (Å²) in [6.07, 6.45) is 6.81. The van der Waals surface area contributed by atoms with Gasteiger partial charge in [-0.25, -0.2) is 0 Å². The van der Waals surface area contributed by atoms with Crippen LogP contribution < -0.4 is 5.32 Å². The van der Waals surface area contributed by atoms with Crippen LogP contribution in [0.25, 0.3) is 0 Å². The normalized spacial score (nSPS) is 21.2. The standard InChI is InChI=1S/C15H23N3O3/c19-15(10-20-9-11-4-1-2-7-21-11)16-8-14-12-5-3-6-13(12)17-18-14/h11H,1-10H2,(H,16,19)(H,17,18)/t11-/m1/s1. The van der Waals surface area contributed by atoms with E-state index in [2.05, 4.69) is 15.5 Å². The summed E-state index contributed by atoms with van der Waals surface area (Å²) in [4.78, 5) is 11.8. The monoisotopic (exact) mass is 293 g/mol. The molecule has 2 heterocycles. The molecule has 0 unspecified atom stereocenters. The number of rotatable bonds is 6. The maximum absolute atomic E-state index is 11.8. The van der Waals surface area contributed by atoms with Crippen molar-refractivity contribution in [3.8, 4) is 0 Å². The van der Waals surface area contributed by atoms with Crippen LogP contribution in [0.2, 0.25) is 0 Å². The van der Waals surface area contributed by atoms with Crippen LogP contribution in [0, 0.1) is 0 Å². The fourth-order valence-corrected chi connectivity index (χ4v) is 2.99. The van der Waals surface area contributed by atoms with Gasteiger partial charge in [-0.2, -0.15) is 5.10 Å². The van der Waals surface area contributed by atoms with Crippen LogP contribution in [-0.4, -0.2) is 42.0 Å². The lowest BCUT2D eigenvalue weighted by molar-refractivity contribution is -0.128. The molecule has 116 valence electrons. The molecule has 1 atom stereocenters. The van der Waals surface area contributed by atoms with Gasteiger partial charge in [-0.05, 0) is 44.1 Å². The molecule has 1 aromatic rings. The van der Waals surface area contributed by atoms with Gasteiger partial charge in [0.05, 0.1) is 24.9 Å². The van der Waals surface area contributed by atoms with Gasteiger partial charge in [0, 0.05) is 12.3 Å². The highest BCUT2D eigenvalue weighted by molar-refractivity contribution is 5.77. The number of carbonyl (C=O) groups is 1. The number of aromatic amines is 1. The van der Waals surface area contributed by atoms with Crippen LogP contribution in [0.3, 0.4) is 0 Å². The topological polar surface area (TPSA) is 76.2 Å². The van der Waals surface area contributed by atoms with E-state index >= 15 is 0 Å². The van der Waals surface area contributed by atoms with Gasteiger partial charge in [0.2, 0.25) is 5.91 Å². The van der Waals surface area contributed by atoms with Crippen molar-refractivity contribution >= 4 is 5.91 Å². The van der Waals surface area contributed by atoms with Crippen LogP contribution in [0.4, 0.5) is 0 Å². The first-order valence-electron chi connectivity index (χ1n) is 7.84. The lowest BCUT2D eigenvalue weighted by Crippen LogP contribution is -2.30. The van der Waals surface area contributed by atoms with Crippen molar-refractivity contribution in [2.75, 3.05) is 19.8 Å². The van der Waals surface area contributed by atoms with Gasteiger partial charge < -0.3 is 14.8 Å². The molecule has 0 radical (unpaired) electrons. The van der Waals surface area contributed by atoms with Crippen molar-refractivity contribution in [1.82, 2.24) is 15.5 Å². The molecule has 1 amide bonds. The van der Waals surface area contributed by atoms with E-state index in [1.165, 1.54) is 24.1 Å². The highest BCUT2D eigenvalue weighted by atomic mass is 16.5. The Morgan fingerprint density at radius 3 is 3.19 bits per heavy atom. The third-order valence-electron chi connectivity index (χ3n) is 4.16. The molecule has 0 aromatic carbocycles. The summed E-state index contributed by atoms with van der Waals surface area (Å²) in [7, 11) is 0. The molecule has 1 aliphatic carbocycles. The average Bonchev–Trinajstić information content (AvgIpc) is 3.10. The number of nitrogens with zero attached hydrogens (tertiary/aromatic N) is 1. The van der Waals surface area contributed by atoms with Gasteiger partial charge >= 0.3 is 0 Å². The second-order valence-corrected chi connectivity index (χ2v) is 5.76. The van der Waals surface area contributed by atoms with Gasteiger partial charge in [0.15, 0.2) is 0 Å². The van der Waals surface area contributed by atoms with Crippen molar-refractivity contribution in [2.24, 2.45) is 0 Å². The third-order valence-corrected chi connectivity index (χ3v) is 4.16.